The van der Waals surface area contributed by atoms with Gasteiger partial charge >= 0.3 is 0 Å². The Bertz CT molecular complexity index is 822. The molecule has 4 N–H and O–H groups in total. The number of hydrogen-bond acceptors (Lipinski definition) is 3. The predicted molar refractivity (Wildman–Crippen MR) is 112 cm³/mol. The van der Waals surface area contributed by atoms with Crippen LogP contribution in [0, 0.1) is 12.8 Å². The third-order valence-electron chi connectivity index (χ3n) is 6.17. The highest BCUT2D eigenvalue weighted by Crippen LogP contribution is 2.38. The number of nitrogens with one attached hydrogen (secondary N) is 2. The van der Waals surface area contributed by atoms with Crippen LogP contribution in [0.3, 0.4) is 0 Å². The minimum absolute atomic E-state index is 0.166. The number of benzene rings is 2. The van der Waals surface area contributed by atoms with E-state index in [4.69, 9.17) is 5.73 Å². The number of nitrogen functional groups attached to an aromatic ring is 1. The molecule has 2 aromatic carbocycles. The van der Waals surface area contributed by atoms with E-state index in [1.54, 1.807) is 0 Å². The fourth-order valence-electron chi connectivity index (χ4n) is 4.62. The van der Waals surface area contributed by atoms with Crippen LogP contribution in [0.1, 0.15) is 61.3 Å². The van der Waals surface area contributed by atoms with E-state index in [0.29, 0.717) is 18.4 Å². The topological polar surface area (TPSA) is 67.2 Å². The molecule has 1 unspecified atom stereocenters. The maximum Gasteiger partial charge on any atom is 0.224 e. The molecule has 27 heavy (non-hydrogen) atoms. The molecule has 1 saturated carbocycles. The summed E-state index contributed by atoms with van der Waals surface area (Å²) in [4.78, 5) is 12.4. The summed E-state index contributed by atoms with van der Waals surface area (Å²) >= 11 is 0. The van der Waals surface area contributed by atoms with Crippen LogP contribution in [0.25, 0.3) is 0 Å². The van der Waals surface area contributed by atoms with E-state index in [2.05, 4.69) is 29.7 Å². The van der Waals surface area contributed by atoms with Crippen LogP contribution in [-0.4, -0.2) is 5.91 Å². The average molecular weight is 364 g/mol. The molecule has 1 fully saturated rings. The zero-order chi connectivity index (χ0) is 18.8. The lowest BCUT2D eigenvalue weighted by Crippen LogP contribution is -2.16. The van der Waals surface area contributed by atoms with E-state index in [9.17, 15) is 4.79 Å². The lowest BCUT2D eigenvalue weighted by molar-refractivity contribution is -0.117. The molecule has 2 aliphatic rings. The minimum Gasteiger partial charge on any atom is -0.399 e. The molecule has 0 bridgehead atoms. The number of hydrogen-bond donors (Lipinski definition) is 3. The molecule has 2 aliphatic carbocycles. The maximum atomic E-state index is 12.4. The Balaban J connectivity index is 1.45. The van der Waals surface area contributed by atoms with E-state index in [0.717, 1.165) is 29.9 Å². The molecular formula is C23H29N3O. The first-order chi connectivity index (χ1) is 13.1. The lowest BCUT2D eigenvalue weighted by Gasteiger charge is -2.18. The van der Waals surface area contributed by atoms with Crippen molar-refractivity contribution in [1.29, 1.82) is 0 Å². The van der Waals surface area contributed by atoms with E-state index in [1.807, 2.05) is 24.3 Å². The predicted octanol–water partition coefficient (Wildman–Crippen LogP) is 5.20. The molecule has 4 heteroatoms. The Hall–Kier alpha value is -2.49. The SMILES string of the molecule is Cc1c(NC(=O)CC2CCCC2)ccc2c1CCC2Nc1ccc(N)cc1. The molecule has 4 rings (SSSR count). The van der Waals surface area contributed by atoms with Crippen LogP contribution >= 0.6 is 0 Å². The highest BCUT2D eigenvalue weighted by Gasteiger charge is 2.25. The monoisotopic (exact) mass is 363 g/mol. The largest absolute Gasteiger partial charge is 0.399 e. The molecule has 2 aromatic rings. The molecule has 4 nitrogen and oxygen atoms in total. The van der Waals surface area contributed by atoms with Gasteiger partial charge in [0.1, 0.15) is 0 Å². The average Bonchev–Trinajstić information content (AvgIpc) is 3.30. The van der Waals surface area contributed by atoms with Crippen LogP contribution in [0.4, 0.5) is 17.1 Å². The van der Waals surface area contributed by atoms with Gasteiger partial charge in [-0.25, -0.2) is 0 Å². The zero-order valence-corrected chi connectivity index (χ0v) is 16.1. The molecule has 1 atom stereocenters. The van der Waals surface area contributed by atoms with Crippen molar-refractivity contribution in [3.63, 3.8) is 0 Å². The molecule has 1 amide bonds. The summed E-state index contributed by atoms with van der Waals surface area (Å²) < 4.78 is 0. The Morgan fingerprint density at radius 3 is 2.56 bits per heavy atom. The fourth-order valence-corrected chi connectivity index (χ4v) is 4.62. The first kappa shape index (κ1) is 17.9. The molecule has 0 radical (unpaired) electrons. The van der Waals surface area contributed by atoms with Crippen molar-refractivity contribution in [3.8, 4) is 0 Å². The Labute approximate surface area is 161 Å². The Kier molecular flexibility index (Phi) is 5.06. The van der Waals surface area contributed by atoms with Crippen LogP contribution in [0.2, 0.25) is 0 Å². The third-order valence-corrected chi connectivity index (χ3v) is 6.17. The van der Waals surface area contributed by atoms with Gasteiger partial charge in [-0.15, -0.1) is 0 Å². The van der Waals surface area contributed by atoms with Gasteiger partial charge in [-0.05, 0) is 85.5 Å². The van der Waals surface area contributed by atoms with Gasteiger partial charge in [0.15, 0.2) is 0 Å². The molecule has 0 aromatic heterocycles. The van der Waals surface area contributed by atoms with Crippen molar-refractivity contribution in [2.24, 2.45) is 5.92 Å². The highest BCUT2D eigenvalue weighted by atomic mass is 16.1. The summed E-state index contributed by atoms with van der Waals surface area (Å²) in [7, 11) is 0. The van der Waals surface area contributed by atoms with Gasteiger partial charge in [0.05, 0.1) is 6.04 Å². The van der Waals surface area contributed by atoms with Gasteiger partial charge in [-0.3, -0.25) is 4.79 Å². The van der Waals surface area contributed by atoms with Gasteiger partial charge in [0, 0.05) is 23.5 Å². The fraction of sp³-hybridized carbons (Fsp3) is 0.435. The minimum atomic E-state index is 0.166. The number of anilines is 3. The van der Waals surface area contributed by atoms with Crippen LogP contribution in [0.5, 0.6) is 0 Å². The molecule has 0 spiro atoms. The summed E-state index contributed by atoms with van der Waals surface area (Å²) in [5.41, 5.74) is 12.6. The molecule has 0 aliphatic heterocycles. The van der Waals surface area contributed by atoms with Gasteiger partial charge in [-0.2, -0.15) is 0 Å². The van der Waals surface area contributed by atoms with Gasteiger partial charge in [0.25, 0.3) is 0 Å². The van der Waals surface area contributed by atoms with Crippen molar-refractivity contribution in [2.75, 3.05) is 16.4 Å². The van der Waals surface area contributed by atoms with E-state index in [-0.39, 0.29) is 5.91 Å². The van der Waals surface area contributed by atoms with Gasteiger partial charge < -0.3 is 16.4 Å². The van der Waals surface area contributed by atoms with E-state index < -0.39 is 0 Å². The number of fused-ring (bicyclic) bond motifs is 1. The van der Waals surface area contributed by atoms with Crippen molar-refractivity contribution in [2.45, 2.75) is 57.9 Å². The number of rotatable bonds is 5. The number of carbonyl (C=O) groups is 1. The summed E-state index contributed by atoms with van der Waals surface area (Å²) in [5.74, 6) is 0.743. The first-order valence-electron chi connectivity index (χ1n) is 10.1. The second-order valence-corrected chi connectivity index (χ2v) is 8.07. The second kappa shape index (κ2) is 7.63. The molecule has 0 saturated heterocycles. The second-order valence-electron chi connectivity index (χ2n) is 8.07. The van der Waals surface area contributed by atoms with E-state index >= 15 is 0 Å². The Morgan fingerprint density at radius 2 is 1.81 bits per heavy atom. The lowest BCUT2D eigenvalue weighted by atomic mass is 10.00. The molecule has 142 valence electrons. The first-order valence-corrected chi connectivity index (χ1v) is 10.1. The van der Waals surface area contributed by atoms with Crippen molar-refractivity contribution in [3.05, 3.63) is 53.1 Å². The zero-order valence-electron chi connectivity index (χ0n) is 16.1. The van der Waals surface area contributed by atoms with Crippen molar-refractivity contribution < 1.29 is 4.79 Å². The standard InChI is InChI=1S/C23H29N3O/c1-15-19-10-13-22(25-18-8-6-17(24)7-9-18)20(19)11-12-21(15)26-23(27)14-16-4-2-3-5-16/h6-9,11-12,16,22,25H,2-5,10,13-14,24H2,1H3,(H,26,27). The number of amides is 1. The summed E-state index contributed by atoms with van der Waals surface area (Å²) in [6.45, 7) is 2.13. The van der Waals surface area contributed by atoms with Crippen LogP contribution < -0.4 is 16.4 Å². The van der Waals surface area contributed by atoms with Gasteiger partial charge in [-0.1, -0.05) is 18.9 Å². The Morgan fingerprint density at radius 1 is 1.07 bits per heavy atom. The van der Waals surface area contributed by atoms with Gasteiger partial charge in [0.2, 0.25) is 5.91 Å². The normalized spacial score (nSPS) is 19.1. The van der Waals surface area contributed by atoms with Crippen LogP contribution in [0.15, 0.2) is 36.4 Å². The van der Waals surface area contributed by atoms with Crippen molar-refractivity contribution >= 4 is 23.0 Å². The summed E-state index contributed by atoms with van der Waals surface area (Å²) in [6, 6.07) is 12.5. The maximum absolute atomic E-state index is 12.4. The van der Waals surface area contributed by atoms with Crippen LogP contribution in [-0.2, 0) is 11.2 Å². The van der Waals surface area contributed by atoms with E-state index in [1.165, 1.54) is 42.4 Å². The number of carbonyl (C=O) groups excluding carboxylic acids is 1. The smallest absolute Gasteiger partial charge is 0.224 e. The summed E-state index contributed by atoms with van der Waals surface area (Å²) in [6.07, 6.45) is 7.73. The van der Waals surface area contributed by atoms with Crippen molar-refractivity contribution in [1.82, 2.24) is 0 Å². The highest BCUT2D eigenvalue weighted by molar-refractivity contribution is 5.92. The summed E-state index contributed by atoms with van der Waals surface area (Å²) in [5, 5.41) is 6.78. The molecule has 0 heterocycles. The quantitative estimate of drug-likeness (QED) is 0.640. The number of nitrogens with two attached hydrogens (primary N) is 1. The molecular weight excluding hydrogens is 334 g/mol. The third kappa shape index (κ3) is 3.95.